The van der Waals surface area contributed by atoms with Gasteiger partial charge in [0.05, 0.1) is 12.7 Å². The van der Waals surface area contributed by atoms with E-state index in [1.807, 2.05) is 24.3 Å². The fourth-order valence-corrected chi connectivity index (χ4v) is 3.69. The van der Waals surface area contributed by atoms with Crippen LogP contribution < -0.4 is 4.74 Å². The highest BCUT2D eigenvalue weighted by Gasteiger charge is 2.24. The summed E-state index contributed by atoms with van der Waals surface area (Å²) >= 11 is 3.51. The van der Waals surface area contributed by atoms with Gasteiger partial charge in [-0.2, -0.15) is 0 Å². The van der Waals surface area contributed by atoms with Crippen LogP contribution in [0.25, 0.3) is 0 Å². The van der Waals surface area contributed by atoms with Crippen LogP contribution in [0, 0.1) is 0 Å². The predicted molar refractivity (Wildman–Crippen MR) is 119 cm³/mol. The Balaban J connectivity index is 0.00000280. The van der Waals surface area contributed by atoms with E-state index in [0.717, 1.165) is 28.9 Å². The first-order valence-corrected chi connectivity index (χ1v) is 10.3. The largest absolute Gasteiger partial charge is 0.491 e. The Kier molecular flexibility index (Phi) is 9.25. The van der Waals surface area contributed by atoms with Crippen LogP contribution in [-0.4, -0.2) is 49.0 Å². The van der Waals surface area contributed by atoms with Crippen LogP contribution in [0.4, 0.5) is 0 Å². The summed E-state index contributed by atoms with van der Waals surface area (Å²) in [6.07, 6.45) is -0.496. The van der Waals surface area contributed by atoms with Crippen LogP contribution in [0.5, 0.6) is 5.75 Å². The van der Waals surface area contributed by atoms with Crippen LogP contribution in [0.2, 0.25) is 0 Å². The molecular weight excluding hydrogens is 442 g/mol. The normalized spacial score (nSPS) is 18.5. The molecule has 0 spiro atoms. The molecule has 1 N–H and O–H groups in total. The molecule has 2 unspecified atom stereocenters. The molecule has 1 saturated heterocycles. The van der Waals surface area contributed by atoms with Gasteiger partial charge < -0.3 is 14.6 Å². The number of β-amino-alcohol motifs (C(OH)–C–C–N with tert-alkyl or cyclic N) is 1. The molecule has 0 radical (unpaired) electrons. The first-order valence-electron chi connectivity index (χ1n) is 9.51. The lowest BCUT2D eigenvalue weighted by Gasteiger charge is -2.34. The molecule has 0 amide bonds. The van der Waals surface area contributed by atoms with Gasteiger partial charge in [-0.25, -0.2) is 0 Å². The lowest BCUT2D eigenvalue weighted by molar-refractivity contribution is -0.0459. The standard InChI is InChI=1S/C22H28BrNO3.ClH/c1-16(2)17-6-8-21(9-7-17)27-15-20(25)13-24-10-11-26-22(14-24)18-4-3-5-19(23)12-18;/h3-9,12,16,20,22,25H,10-11,13-15H2,1-2H3;1H. The van der Waals surface area contributed by atoms with Gasteiger partial charge in [0.25, 0.3) is 0 Å². The molecule has 2 aromatic carbocycles. The molecule has 0 saturated carbocycles. The van der Waals surface area contributed by atoms with Crippen LogP contribution >= 0.6 is 28.3 Å². The van der Waals surface area contributed by atoms with Crippen molar-refractivity contribution in [2.75, 3.05) is 32.8 Å². The molecule has 3 rings (SSSR count). The molecule has 154 valence electrons. The van der Waals surface area contributed by atoms with E-state index < -0.39 is 6.10 Å². The van der Waals surface area contributed by atoms with Gasteiger partial charge in [0.2, 0.25) is 0 Å². The highest BCUT2D eigenvalue weighted by Crippen LogP contribution is 2.25. The number of ether oxygens (including phenoxy) is 2. The lowest BCUT2D eigenvalue weighted by Crippen LogP contribution is -2.43. The minimum atomic E-state index is -0.531. The van der Waals surface area contributed by atoms with Crippen molar-refractivity contribution in [3.8, 4) is 5.75 Å². The van der Waals surface area contributed by atoms with Crippen molar-refractivity contribution in [3.63, 3.8) is 0 Å². The maximum Gasteiger partial charge on any atom is 0.119 e. The van der Waals surface area contributed by atoms with Gasteiger partial charge in [-0.15, -0.1) is 12.4 Å². The second-order valence-electron chi connectivity index (χ2n) is 7.36. The molecule has 1 aliphatic heterocycles. The molecule has 6 heteroatoms. The van der Waals surface area contributed by atoms with Crippen LogP contribution in [-0.2, 0) is 4.74 Å². The highest BCUT2D eigenvalue weighted by atomic mass is 79.9. The summed E-state index contributed by atoms with van der Waals surface area (Å²) in [5.41, 5.74) is 2.44. The zero-order chi connectivity index (χ0) is 19.2. The number of hydrogen-bond acceptors (Lipinski definition) is 4. The summed E-state index contributed by atoms with van der Waals surface area (Å²) in [7, 11) is 0. The maximum atomic E-state index is 10.4. The lowest BCUT2D eigenvalue weighted by atomic mass is 10.0. The fourth-order valence-electron chi connectivity index (χ4n) is 3.27. The van der Waals surface area contributed by atoms with E-state index in [4.69, 9.17) is 9.47 Å². The zero-order valence-corrected chi connectivity index (χ0v) is 18.8. The van der Waals surface area contributed by atoms with Crippen molar-refractivity contribution in [1.29, 1.82) is 0 Å². The first kappa shape index (κ1) is 23.2. The second-order valence-corrected chi connectivity index (χ2v) is 8.28. The quantitative estimate of drug-likeness (QED) is 0.631. The molecule has 2 aromatic rings. The third-order valence-corrected chi connectivity index (χ3v) is 5.32. The Hall–Kier alpha value is -1.11. The summed E-state index contributed by atoms with van der Waals surface area (Å²) in [6, 6.07) is 16.3. The minimum Gasteiger partial charge on any atom is -0.491 e. The Labute approximate surface area is 182 Å². The fraction of sp³-hybridized carbons (Fsp3) is 0.455. The number of rotatable bonds is 7. The summed E-state index contributed by atoms with van der Waals surface area (Å²) in [6.45, 7) is 7.48. The average molecular weight is 471 g/mol. The minimum absolute atomic E-state index is 0. The number of hydrogen-bond donors (Lipinski definition) is 1. The monoisotopic (exact) mass is 469 g/mol. The molecule has 4 nitrogen and oxygen atoms in total. The van der Waals surface area contributed by atoms with Crippen LogP contribution in [0.1, 0.15) is 37.0 Å². The van der Waals surface area contributed by atoms with Gasteiger partial charge in [0.1, 0.15) is 18.5 Å². The number of morpholine rings is 1. The average Bonchev–Trinajstić information content (AvgIpc) is 2.67. The van der Waals surface area contributed by atoms with Gasteiger partial charge in [0.15, 0.2) is 0 Å². The van der Waals surface area contributed by atoms with Crippen molar-refractivity contribution in [2.24, 2.45) is 0 Å². The Morgan fingerprint density at radius 3 is 2.64 bits per heavy atom. The molecule has 0 bridgehead atoms. The third-order valence-electron chi connectivity index (χ3n) is 4.83. The summed E-state index contributed by atoms with van der Waals surface area (Å²) in [4.78, 5) is 2.24. The van der Waals surface area contributed by atoms with Crippen molar-refractivity contribution >= 4 is 28.3 Å². The molecule has 2 atom stereocenters. The van der Waals surface area contributed by atoms with Crippen LogP contribution in [0.3, 0.4) is 0 Å². The van der Waals surface area contributed by atoms with Crippen molar-refractivity contribution in [1.82, 2.24) is 4.90 Å². The molecule has 1 fully saturated rings. The zero-order valence-electron chi connectivity index (χ0n) is 16.4. The number of nitrogens with zero attached hydrogens (tertiary/aromatic N) is 1. The van der Waals surface area contributed by atoms with E-state index in [9.17, 15) is 5.11 Å². The molecular formula is C22H29BrClNO3. The van der Waals surface area contributed by atoms with Crippen LogP contribution in [0.15, 0.2) is 53.0 Å². The van der Waals surface area contributed by atoms with Gasteiger partial charge in [-0.05, 0) is 41.3 Å². The van der Waals surface area contributed by atoms with Crippen molar-refractivity contribution in [3.05, 3.63) is 64.1 Å². The number of halogens is 2. The van der Waals surface area contributed by atoms with E-state index in [1.165, 1.54) is 5.56 Å². The third kappa shape index (κ3) is 6.75. The topological polar surface area (TPSA) is 41.9 Å². The maximum absolute atomic E-state index is 10.4. The van der Waals surface area contributed by atoms with E-state index in [0.29, 0.717) is 25.7 Å². The van der Waals surface area contributed by atoms with E-state index >= 15 is 0 Å². The molecule has 1 aliphatic rings. The summed E-state index contributed by atoms with van der Waals surface area (Å²) < 4.78 is 12.7. The van der Waals surface area contributed by atoms with E-state index in [1.54, 1.807) is 0 Å². The Bertz CT molecular complexity index is 726. The smallest absolute Gasteiger partial charge is 0.119 e. The molecule has 0 aromatic heterocycles. The van der Waals surface area contributed by atoms with Crippen molar-refractivity contribution in [2.45, 2.75) is 32.0 Å². The van der Waals surface area contributed by atoms with Crippen molar-refractivity contribution < 1.29 is 14.6 Å². The van der Waals surface area contributed by atoms with Gasteiger partial charge in [-0.3, -0.25) is 4.90 Å². The highest BCUT2D eigenvalue weighted by molar-refractivity contribution is 9.10. The van der Waals surface area contributed by atoms with Gasteiger partial charge in [0, 0.05) is 24.1 Å². The Morgan fingerprint density at radius 2 is 1.96 bits per heavy atom. The number of aliphatic hydroxyl groups excluding tert-OH is 1. The second kappa shape index (κ2) is 11.2. The van der Waals surface area contributed by atoms with E-state index in [-0.39, 0.29) is 18.5 Å². The SMILES string of the molecule is CC(C)c1ccc(OCC(O)CN2CCOC(c3cccc(Br)c3)C2)cc1.Cl. The predicted octanol–water partition coefficient (Wildman–Crippen LogP) is 4.81. The first-order chi connectivity index (χ1) is 13.0. The molecule has 1 heterocycles. The summed E-state index contributed by atoms with van der Waals surface area (Å²) in [5, 5.41) is 10.4. The molecule has 0 aliphatic carbocycles. The van der Waals surface area contributed by atoms with Gasteiger partial charge in [-0.1, -0.05) is 54.0 Å². The summed E-state index contributed by atoms with van der Waals surface area (Å²) in [5.74, 6) is 1.30. The number of aliphatic hydroxyl groups is 1. The number of benzene rings is 2. The molecule has 28 heavy (non-hydrogen) atoms. The van der Waals surface area contributed by atoms with E-state index in [2.05, 4.69) is 58.9 Å². The Morgan fingerprint density at radius 1 is 1.21 bits per heavy atom. The van der Waals surface area contributed by atoms with Gasteiger partial charge >= 0.3 is 0 Å².